The summed E-state index contributed by atoms with van der Waals surface area (Å²) in [4.78, 5) is 8.80. The fourth-order valence-corrected chi connectivity index (χ4v) is 4.07. The molecule has 0 bridgehead atoms. The van der Waals surface area contributed by atoms with Crippen LogP contribution >= 0.6 is 0 Å². The van der Waals surface area contributed by atoms with E-state index < -0.39 is 10.0 Å². The number of sulfonamides is 1. The van der Waals surface area contributed by atoms with Crippen molar-refractivity contribution in [3.05, 3.63) is 72.8 Å². The third-order valence-electron chi connectivity index (χ3n) is 4.52. The molecule has 0 unspecified atom stereocenters. The van der Waals surface area contributed by atoms with E-state index >= 15 is 0 Å². The molecule has 30 heavy (non-hydrogen) atoms. The van der Waals surface area contributed by atoms with Crippen LogP contribution in [-0.2, 0) is 10.0 Å². The van der Waals surface area contributed by atoms with Gasteiger partial charge in [0, 0.05) is 11.3 Å². The molecular weight excluding hydrogens is 402 g/mol. The van der Waals surface area contributed by atoms with Gasteiger partial charge in [-0.2, -0.15) is 9.97 Å². The van der Waals surface area contributed by atoms with Crippen LogP contribution in [0.5, 0.6) is 11.8 Å². The molecule has 0 saturated heterocycles. The average Bonchev–Trinajstić information content (AvgIpc) is 2.78. The van der Waals surface area contributed by atoms with Gasteiger partial charge >= 0.3 is 0 Å². The van der Waals surface area contributed by atoms with Gasteiger partial charge in [0.2, 0.25) is 11.8 Å². The minimum Gasteiger partial charge on any atom is -0.481 e. The Labute approximate surface area is 174 Å². The minimum absolute atomic E-state index is 0.200. The van der Waals surface area contributed by atoms with Gasteiger partial charge in [0.25, 0.3) is 10.0 Å². The molecule has 0 aliphatic carbocycles. The second-order valence-corrected chi connectivity index (χ2v) is 8.15. The van der Waals surface area contributed by atoms with E-state index in [1.54, 1.807) is 48.5 Å². The van der Waals surface area contributed by atoms with Crippen LogP contribution in [0.3, 0.4) is 0 Å². The molecule has 1 heterocycles. The van der Waals surface area contributed by atoms with Crippen LogP contribution in [0.25, 0.3) is 22.2 Å². The van der Waals surface area contributed by atoms with Crippen molar-refractivity contribution >= 4 is 26.5 Å². The normalized spacial score (nSPS) is 11.3. The Kier molecular flexibility index (Phi) is 5.24. The first kappa shape index (κ1) is 19.7. The fraction of sp³-hybridized carbons (Fsp3) is 0.0909. The number of rotatable bonds is 6. The van der Waals surface area contributed by atoms with Crippen molar-refractivity contribution in [1.29, 1.82) is 0 Å². The quantitative estimate of drug-likeness (QED) is 0.504. The predicted octanol–water partition coefficient (Wildman–Crippen LogP) is 4.11. The van der Waals surface area contributed by atoms with Crippen LogP contribution in [0, 0.1) is 0 Å². The number of hydrogen-bond acceptors (Lipinski definition) is 6. The molecule has 152 valence electrons. The van der Waals surface area contributed by atoms with Crippen molar-refractivity contribution in [2.75, 3.05) is 18.9 Å². The number of benzene rings is 3. The minimum atomic E-state index is -3.72. The fourth-order valence-electron chi connectivity index (χ4n) is 2.98. The van der Waals surface area contributed by atoms with Crippen molar-refractivity contribution < 1.29 is 17.9 Å². The second kappa shape index (κ2) is 8.00. The van der Waals surface area contributed by atoms with Crippen molar-refractivity contribution in [3.63, 3.8) is 0 Å². The van der Waals surface area contributed by atoms with Crippen molar-refractivity contribution in [1.82, 2.24) is 9.97 Å². The number of methoxy groups -OCH3 is 2. The summed E-state index contributed by atoms with van der Waals surface area (Å²) >= 11 is 0. The molecular formula is C22H19N3O4S. The molecule has 4 rings (SSSR count). The largest absolute Gasteiger partial charge is 0.481 e. The van der Waals surface area contributed by atoms with Crippen molar-refractivity contribution in [3.8, 4) is 23.1 Å². The van der Waals surface area contributed by atoms with Gasteiger partial charge in [-0.3, -0.25) is 4.72 Å². The maximum absolute atomic E-state index is 12.8. The summed E-state index contributed by atoms with van der Waals surface area (Å²) in [5.41, 5.74) is 1.13. The third kappa shape index (κ3) is 4.04. The lowest BCUT2D eigenvalue weighted by molar-refractivity contribution is 0.372. The SMILES string of the molecule is COc1cc(OC)nc(-c2ccc(NS(=O)(=O)c3ccc4ccccc4c3)cc2)n1. The van der Waals surface area contributed by atoms with Crippen LogP contribution in [0.15, 0.2) is 77.7 Å². The van der Waals surface area contributed by atoms with Crippen LogP contribution in [-0.4, -0.2) is 32.6 Å². The third-order valence-corrected chi connectivity index (χ3v) is 5.90. The van der Waals surface area contributed by atoms with Crippen molar-refractivity contribution in [2.24, 2.45) is 0 Å². The summed E-state index contributed by atoms with van der Waals surface area (Å²) in [7, 11) is -0.705. The van der Waals surface area contributed by atoms with Gasteiger partial charge in [-0.05, 0) is 47.2 Å². The van der Waals surface area contributed by atoms with E-state index in [0.29, 0.717) is 28.8 Å². The van der Waals surface area contributed by atoms with E-state index in [4.69, 9.17) is 9.47 Å². The van der Waals surface area contributed by atoms with Gasteiger partial charge in [-0.15, -0.1) is 0 Å². The lowest BCUT2D eigenvalue weighted by Crippen LogP contribution is -2.12. The molecule has 1 aromatic heterocycles. The summed E-state index contributed by atoms with van der Waals surface area (Å²) in [5.74, 6) is 1.16. The van der Waals surface area contributed by atoms with E-state index in [1.807, 2.05) is 24.3 Å². The molecule has 8 heteroatoms. The van der Waals surface area contributed by atoms with Crippen LogP contribution in [0.1, 0.15) is 0 Å². The zero-order chi connectivity index (χ0) is 21.1. The number of anilines is 1. The smallest absolute Gasteiger partial charge is 0.261 e. The van der Waals surface area contributed by atoms with Gasteiger partial charge in [-0.1, -0.05) is 30.3 Å². The average molecular weight is 421 g/mol. The Hall–Kier alpha value is -3.65. The van der Waals surface area contributed by atoms with E-state index in [-0.39, 0.29) is 4.90 Å². The summed E-state index contributed by atoms with van der Waals surface area (Å²) in [5, 5.41) is 1.84. The molecule has 1 N–H and O–H groups in total. The Morgan fingerprint density at radius 3 is 2.03 bits per heavy atom. The first-order valence-corrected chi connectivity index (χ1v) is 10.6. The summed E-state index contributed by atoms with van der Waals surface area (Å²) in [6, 6.07) is 21.0. The Bertz CT molecular complexity index is 1280. The van der Waals surface area contributed by atoms with Crippen LogP contribution in [0.2, 0.25) is 0 Å². The van der Waals surface area contributed by atoms with Gasteiger partial charge in [0.05, 0.1) is 25.2 Å². The Balaban J connectivity index is 1.59. The summed E-state index contributed by atoms with van der Waals surface area (Å²) < 4.78 is 38.5. The maximum Gasteiger partial charge on any atom is 0.261 e. The molecule has 0 aliphatic rings. The Morgan fingerprint density at radius 1 is 0.767 bits per heavy atom. The molecule has 0 amide bonds. The molecule has 7 nitrogen and oxygen atoms in total. The van der Waals surface area contributed by atoms with Gasteiger partial charge < -0.3 is 9.47 Å². The van der Waals surface area contributed by atoms with E-state index in [2.05, 4.69) is 14.7 Å². The van der Waals surface area contributed by atoms with Crippen LogP contribution < -0.4 is 14.2 Å². The van der Waals surface area contributed by atoms with Crippen molar-refractivity contribution in [2.45, 2.75) is 4.90 Å². The topological polar surface area (TPSA) is 90.4 Å². The first-order chi connectivity index (χ1) is 14.5. The molecule has 0 radical (unpaired) electrons. The van der Waals surface area contributed by atoms with Crippen LogP contribution in [0.4, 0.5) is 5.69 Å². The predicted molar refractivity (Wildman–Crippen MR) is 115 cm³/mol. The van der Waals surface area contributed by atoms with E-state index in [9.17, 15) is 8.42 Å². The lowest BCUT2D eigenvalue weighted by atomic mass is 10.1. The molecule has 0 atom stereocenters. The van der Waals surface area contributed by atoms with E-state index in [0.717, 1.165) is 10.8 Å². The highest BCUT2D eigenvalue weighted by Gasteiger charge is 2.15. The first-order valence-electron chi connectivity index (χ1n) is 9.07. The molecule has 0 saturated carbocycles. The zero-order valence-electron chi connectivity index (χ0n) is 16.4. The number of nitrogens with one attached hydrogen (secondary N) is 1. The number of fused-ring (bicyclic) bond motifs is 1. The number of hydrogen-bond donors (Lipinski definition) is 1. The monoisotopic (exact) mass is 421 g/mol. The molecule has 0 aliphatic heterocycles. The maximum atomic E-state index is 12.8. The van der Waals surface area contributed by atoms with Gasteiger partial charge in [0.15, 0.2) is 5.82 Å². The Morgan fingerprint density at radius 2 is 1.40 bits per heavy atom. The summed E-state index contributed by atoms with van der Waals surface area (Å²) in [6.07, 6.45) is 0. The van der Waals surface area contributed by atoms with Gasteiger partial charge in [0.1, 0.15) is 0 Å². The highest BCUT2D eigenvalue weighted by Crippen LogP contribution is 2.25. The number of nitrogens with zero attached hydrogens (tertiary/aromatic N) is 2. The highest BCUT2D eigenvalue weighted by molar-refractivity contribution is 7.92. The highest BCUT2D eigenvalue weighted by atomic mass is 32.2. The van der Waals surface area contributed by atoms with Gasteiger partial charge in [-0.25, -0.2) is 8.42 Å². The molecule has 0 spiro atoms. The molecule has 4 aromatic rings. The zero-order valence-corrected chi connectivity index (χ0v) is 17.2. The summed E-state index contributed by atoms with van der Waals surface area (Å²) in [6.45, 7) is 0. The molecule has 3 aromatic carbocycles. The number of ether oxygens (including phenoxy) is 2. The standard InChI is InChI=1S/C22H19N3O4S/c1-28-20-14-21(29-2)24-22(23-20)16-7-10-18(11-8-16)25-30(26,27)19-12-9-15-5-3-4-6-17(15)13-19/h3-14,25H,1-2H3. The van der Waals surface area contributed by atoms with E-state index in [1.165, 1.54) is 14.2 Å². The lowest BCUT2D eigenvalue weighted by Gasteiger charge is -2.10. The molecule has 0 fully saturated rings. The number of aromatic nitrogens is 2. The second-order valence-electron chi connectivity index (χ2n) is 6.47.